The fourth-order valence-electron chi connectivity index (χ4n) is 2.82. The fraction of sp³-hybridized carbons (Fsp3) is 0.467. The summed E-state index contributed by atoms with van der Waals surface area (Å²) in [5, 5.41) is 5.19. The van der Waals surface area contributed by atoms with Crippen molar-refractivity contribution >= 4 is 29.5 Å². The molecule has 3 rings (SSSR count). The molecule has 1 aliphatic heterocycles. The number of quaternary nitrogens is 1. The zero-order chi connectivity index (χ0) is 15.5. The lowest BCUT2D eigenvalue weighted by molar-refractivity contribution is -0.924. The number of hydrogen-bond acceptors (Lipinski definition) is 3. The second kappa shape index (κ2) is 6.81. The molecule has 1 aromatic heterocycles. The second-order valence-corrected chi connectivity index (χ2v) is 6.38. The van der Waals surface area contributed by atoms with E-state index in [1.165, 1.54) is 10.6 Å². The van der Waals surface area contributed by atoms with Gasteiger partial charge in [0.05, 0.1) is 26.2 Å². The minimum atomic E-state index is 0.795. The van der Waals surface area contributed by atoms with Crippen LogP contribution >= 0.6 is 23.8 Å². The molecule has 0 amide bonds. The lowest BCUT2D eigenvalue weighted by Gasteiger charge is -2.33. The van der Waals surface area contributed by atoms with Crippen molar-refractivity contribution in [1.29, 1.82) is 0 Å². The van der Waals surface area contributed by atoms with E-state index >= 15 is 0 Å². The Bertz CT molecular complexity index is 687. The Balaban J connectivity index is 1.60. The maximum Gasteiger partial charge on any atom is 0.202 e. The van der Waals surface area contributed by atoms with Crippen molar-refractivity contribution in [1.82, 2.24) is 14.3 Å². The predicted octanol–water partition coefficient (Wildman–Crippen LogP) is 1.45. The number of benzene rings is 1. The summed E-state index contributed by atoms with van der Waals surface area (Å²) in [6.07, 6.45) is 1.82. The molecule has 0 spiro atoms. The van der Waals surface area contributed by atoms with E-state index in [-0.39, 0.29) is 0 Å². The van der Waals surface area contributed by atoms with E-state index in [1.54, 1.807) is 0 Å². The van der Waals surface area contributed by atoms with Crippen molar-refractivity contribution in [3.8, 4) is 0 Å². The summed E-state index contributed by atoms with van der Waals surface area (Å²) < 4.78 is 4.74. The van der Waals surface area contributed by atoms with Gasteiger partial charge in [-0.2, -0.15) is 9.78 Å². The average molecular weight is 339 g/mol. The Labute approximate surface area is 140 Å². The topological polar surface area (TPSA) is 30.4 Å². The molecule has 0 radical (unpaired) electrons. The quantitative estimate of drug-likeness (QED) is 0.856. The summed E-state index contributed by atoms with van der Waals surface area (Å²) in [6, 6.07) is 8.08. The van der Waals surface area contributed by atoms with Crippen LogP contribution < -0.4 is 9.80 Å². The lowest BCUT2D eigenvalue weighted by Crippen LogP contribution is -3.14. The number of hydrogen-bond donors (Lipinski definition) is 1. The van der Waals surface area contributed by atoms with Gasteiger partial charge in [0.15, 0.2) is 6.67 Å². The van der Waals surface area contributed by atoms with Crippen LogP contribution in [0.5, 0.6) is 0 Å². The molecule has 0 atom stereocenters. The molecule has 22 heavy (non-hydrogen) atoms. The van der Waals surface area contributed by atoms with E-state index in [2.05, 4.69) is 23.0 Å². The average Bonchev–Trinajstić information content (AvgIpc) is 2.88. The number of aryl methyl sites for hydroxylation is 1. The maximum absolute atomic E-state index is 6.08. The van der Waals surface area contributed by atoms with E-state index in [4.69, 9.17) is 23.8 Å². The molecule has 2 aromatic rings. The van der Waals surface area contributed by atoms with Gasteiger partial charge in [-0.15, -0.1) is 0 Å². The van der Waals surface area contributed by atoms with Crippen LogP contribution in [0, 0.1) is 4.77 Å². The molecule has 0 saturated carbocycles. The summed E-state index contributed by atoms with van der Waals surface area (Å²) in [4.78, 5) is 3.90. The van der Waals surface area contributed by atoms with Gasteiger partial charge in [0, 0.05) is 17.3 Å². The molecule has 1 aliphatic rings. The van der Waals surface area contributed by atoms with Gasteiger partial charge in [-0.05, 0) is 37.3 Å². The Morgan fingerprint density at radius 3 is 2.73 bits per heavy atom. The number of nitrogens with one attached hydrogen (secondary N) is 1. The van der Waals surface area contributed by atoms with Crippen molar-refractivity contribution < 1.29 is 4.90 Å². The highest BCUT2D eigenvalue weighted by Gasteiger charge is 2.21. The smallest absolute Gasteiger partial charge is 0.202 e. The van der Waals surface area contributed by atoms with Crippen LogP contribution in [0.3, 0.4) is 0 Å². The van der Waals surface area contributed by atoms with Crippen LogP contribution in [0.2, 0.25) is 5.02 Å². The van der Waals surface area contributed by atoms with Gasteiger partial charge in [-0.25, -0.2) is 0 Å². The van der Waals surface area contributed by atoms with Gasteiger partial charge in [-0.1, -0.05) is 17.7 Å². The number of halogens is 1. The van der Waals surface area contributed by atoms with E-state index in [9.17, 15) is 0 Å². The monoisotopic (exact) mass is 338 g/mol. The van der Waals surface area contributed by atoms with Crippen molar-refractivity contribution in [3.63, 3.8) is 0 Å². The molecule has 2 heterocycles. The summed E-state index contributed by atoms with van der Waals surface area (Å²) in [6.45, 7) is 8.00. The number of nitrogens with zero attached hydrogens (tertiary/aromatic N) is 4. The van der Waals surface area contributed by atoms with Gasteiger partial charge in [0.2, 0.25) is 4.77 Å². The lowest BCUT2D eigenvalue weighted by atomic mass is 10.2. The SMILES string of the molecule is CCn1cnn(C[NH+]2CCN(c3cccc(Cl)c3)CC2)c1=S. The standard InChI is InChI=1S/C15H20ClN5S/c1-2-19-11-17-21(15(19)22)12-18-6-8-20(9-7-18)14-5-3-4-13(16)10-14/h3-5,10-11H,2,6-9,12H2,1H3/p+1. The van der Waals surface area contributed by atoms with Crippen molar-refractivity contribution in [3.05, 3.63) is 40.4 Å². The highest BCUT2D eigenvalue weighted by Crippen LogP contribution is 2.19. The summed E-state index contributed by atoms with van der Waals surface area (Å²) in [5.74, 6) is 0. The van der Waals surface area contributed by atoms with Crippen LogP contribution in [0.1, 0.15) is 6.92 Å². The first-order chi connectivity index (χ1) is 10.7. The van der Waals surface area contributed by atoms with Crippen molar-refractivity contribution in [2.45, 2.75) is 20.1 Å². The zero-order valence-electron chi connectivity index (χ0n) is 12.7. The number of aromatic nitrogens is 3. The maximum atomic E-state index is 6.08. The van der Waals surface area contributed by atoms with Crippen LogP contribution in [0.4, 0.5) is 5.69 Å². The van der Waals surface area contributed by atoms with Crippen LogP contribution in [-0.2, 0) is 13.2 Å². The van der Waals surface area contributed by atoms with Crippen LogP contribution in [-0.4, -0.2) is 40.5 Å². The normalized spacial score (nSPS) is 16.2. The number of piperazine rings is 1. The summed E-state index contributed by atoms with van der Waals surface area (Å²) in [7, 11) is 0. The summed E-state index contributed by atoms with van der Waals surface area (Å²) >= 11 is 11.5. The molecule has 1 N–H and O–H groups in total. The molecule has 1 fully saturated rings. The first-order valence-electron chi connectivity index (χ1n) is 7.63. The number of anilines is 1. The molecule has 0 bridgehead atoms. The Kier molecular flexibility index (Phi) is 4.81. The molecule has 1 aromatic carbocycles. The van der Waals surface area contributed by atoms with E-state index in [1.807, 2.05) is 33.8 Å². The molecule has 1 saturated heterocycles. The molecule has 0 aliphatic carbocycles. The highest BCUT2D eigenvalue weighted by atomic mass is 35.5. The second-order valence-electron chi connectivity index (χ2n) is 5.57. The third-order valence-corrected chi connectivity index (χ3v) is 4.84. The Morgan fingerprint density at radius 1 is 1.32 bits per heavy atom. The molecule has 118 valence electrons. The van der Waals surface area contributed by atoms with Gasteiger partial charge >= 0.3 is 0 Å². The van der Waals surface area contributed by atoms with Gasteiger partial charge in [0.1, 0.15) is 6.33 Å². The molecule has 5 nitrogen and oxygen atoms in total. The third kappa shape index (κ3) is 3.34. The predicted molar refractivity (Wildman–Crippen MR) is 91.1 cm³/mol. The van der Waals surface area contributed by atoms with Gasteiger partial charge in [-0.3, -0.25) is 0 Å². The van der Waals surface area contributed by atoms with E-state index < -0.39 is 0 Å². The molecular weight excluding hydrogens is 318 g/mol. The molecular formula is C15H21ClN5S+. The summed E-state index contributed by atoms with van der Waals surface area (Å²) in [5.41, 5.74) is 1.21. The number of rotatable bonds is 4. The largest absolute Gasteiger partial charge is 0.360 e. The van der Waals surface area contributed by atoms with Crippen LogP contribution in [0.15, 0.2) is 30.6 Å². The third-order valence-electron chi connectivity index (χ3n) is 4.15. The van der Waals surface area contributed by atoms with Crippen molar-refractivity contribution in [2.75, 3.05) is 31.1 Å². The molecule has 7 heteroatoms. The van der Waals surface area contributed by atoms with Crippen molar-refractivity contribution in [2.24, 2.45) is 0 Å². The van der Waals surface area contributed by atoms with Gasteiger partial charge < -0.3 is 14.4 Å². The fourth-order valence-corrected chi connectivity index (χ4v) is 3.29. The molecule has 0 unspecified atom stereocenters. The Morgan fingerprint density at radius 2 is 2.09 bits per heavy atom. The minimum Gasteiger partial charge on any atom is -0.360 e. The van der Waals surface area contributed by atoms with E-state index in [0.717, 1.165) is 49.2 Å². The highest BCUT2D eigenvalue weighted by molar-refractivity contribution is 7.71. The first kappa shape index (κ1) is 15.5. The van der Waals surface area contributed by atoms with E-state index in [0.29, 0.717) is 0 Å². The first-order valence-corrected chi connectivity index (χ1v) is 8.42. The van der Waals surface area contributed by atoms with Crippen LogP contribution in [0.25, 0.3) is 0 Å². The zero-order valence-corrected chi connectivity index (χ0v) is 14.3. The minimum absolute atomic E-state index is 0.795. The van der Waals surface area contributed by atoms with Gasteiger partial charge in [0.25, 0.3) is 0 Å². The Hall–Kier alpha value is -1.37.